The van der Waals surface area contributed by atoms with Gasteiger partial charge in [0, 0.05) is 24.6 Å². The molecular formula is C16H20ClN5O2. The van der Waals surface area contributed by atoms with E-state index in [1.807, 2.05) is 13.8 Å². The van der Waals surface area contributed by atoms with E-state index in [-0.39, 0.29) is 12.5 Å². The monoisotopic (exact) mass is 349 g/mol. The molecule has 24 heavy (non-hydrogen) atoms. The van der Waals surface area contributed by atoms with Crippen molar-refractivity contribution in [2.75, 3.05) is 18.4 Å². The summed E-state index contributed by atoms with van der Waals surface area (Å²) in [6.45, 7) is 4.48. The van der Waals surface area contributed by atoms with Crippen molar-refractivity contribution in [1.82, 2.24) is 20.4 Å². The minimum absolute atomic E-state index is 0.0857. The number of nitrogens with zero attached hydrogens (tertiary/aromatic N) is 2. The average Bonchev–Trinajstić information content (AvgIpc) is 3.05. The first kappa shape index (κ1) is 17.8. The Bertz CT molecular complexity index is 700. The number of benzene rings is 1. The third-order valence-electron chi connectivity index (χ3n) is 3.07. The summed E-state index contributed by atoms with van der Waals surface area (Å²) in [5.41, 5.74) is 1.23. The fourth-order valence-electron chi connectivity index (χ4n) is 1.90. The molecule has 0 saturated heterocycles. The summed E-state index contributed by atoms with van der Waals surface area (Å²) in [7, 11) is 0. The largest absolute Gasteiger partial charge is 0.354 e. The van der Waals surface area contributed by atoms with Gasteiger partial charge in [-0.3, -0.25) is 4.79 Å². The van der Waals surface area contributed by atoms with Crippen LogP contribution in [0, 0.1) is 5.92 Å². The Morgan fingerprint density at radius 3 is 2.71 bits per heavy atom. The zero-order chi connectivity index (χ0) is 17.5. The van der Waals surface area contributed by atoms with Gasteiger partial charge in [-0.2, -0.15) is 5.10 Å². The molecule has 0 saturated carbocycles. The molecule has 0 atom stereocenters. The molecule has 1 heterocycles. The normalized spacial score (nSPS) is 10.5. The molecule has 2 aromatic rings. The highest BCUT2D eigenvalue weighted by atomic mass is 35.5. The van der Waals surface area contributed by atoms with Crippen LogP contribution >= 0.6 is 11.6 Å². The first-order valence-electron chi connectivity index (χ1n) is 7.57. The lowest BCUT2D eigenvalue weighted by molar-refractivity contribution is -0.120. The van der Waals surface area contributed by atoms with E-state index in [0.29, 0.717) is 28.9 Å². The number of hydrogen-bond acceptors (Lipinski definition) is 3. The second-order valence-corrected chi connectivity index (χ2v) is 6.03. The fraction of sp³-hybridized carbons (Fsp3) is 0.312. The smallest absolute Gasteiger partial charge is 0.319 e. The molecule has 3 N–H and O–H groups in total. The van der Waals surface area contributed by atoms with Gasteiger partial charge in [-0.1, -0.05) is 25.4 Å². The third-order valence-corrected chi connectivity index (χ3v) is 3.38. The first-order chi connectivity index (χ1) is 11.5. The molecule has 3 amide bonds. The van der Waals surface area contributed by atoms with Crippen LogP contribution in [-0.4, -0.2) is 34.8 Å². The van der Waals surface area contributed by atoms with Crippen LogP contribution in [0.15, 0.2) is 36.7 Å². The first-order valence-corrected chi connectivity index (χ1v) is 7.94. The lowest BCUT2D eigenvalue weighted by atomic mass is 10.2. The zero-order valence-corrected chi connectivity index (χ0v) is 14.3. The van der Waals surface area contributed by atoms with Crippen molar-refractivity contribution in [2.45, 2.75) is 13.8 Å². The molecule has 0 aliphatic carbocycles. The Kier molecular flexibility index (Phi) is 6.20. The molecule has 0 fully saturated rings. The van der Waals surface area contributed by atoms with E-state index in [9.17, 15) is 9.59 Å². The molecule has 1 aromatic carbocycles. The van der Waals surface area contributed by atoms with Crippen molar-refractivity contribution in [1.29, 1.82) is 0 Å². The Balaban J connectivity index is 1.86. The molecule has 0 spiro atoms. The predicted octanol–water partition coefficient (Wildman–Crippen LogP) is 2.42. The number of carbonyl (C=O) groups excluding carboxylic acids is 2. The van der Waals surface area contributed by atoms with Crippen LogP contribution in [0.5, 0.6) is 0 Å². The summed E-state index contributed by atoms with van der Waals surface area (Å²) < 4.78 is 1.63. The lowest BCUT2D eigenvalue weighted by Gasteiger charge is -2.11. The van der Waals surface area contributed by atoms with Crippen LogP contribution in [0.3, 0.4) is 0 Å². The predicted molar refractivity (Wildman–Crippen MR) is 93.4 cm³/mol. The average molecular weight is 350 g/mol. The molecule has 128 valence electrons. The van der Waals surface area contributed by atoms with Gasteiger partial charge in [-0.05, 0) is 30.2 Å². The Morgan fingerprint density at radius 1 is 1.29 bits per heavy atom. The molecule has 0 aliphatic rings. The molecule has 7 nitrogen and oxygen atoms in total. The fourth-order valence-corrected chi connectivity index (χ4v) is 2.17. The van der Waals surface area contributed by atoms with E-state index in [1.165, 1.54) is 0 Å². The third kappa shape index (κ3) is 5.27. The minimum atomic E-state index is -0.474. The summed E-state index contributed by atoms with van der Waals surface area (Å²) in [5, 5.41) is 12.4. The van der Waals surface area contributed by atoms with Crippen LogP contribution in [0.2, 0.25) is 5.02 Å². The van der Waals surface area contributed by atoms with E-state index >= 15 is 0 Å². The molecule has 0 bridgehead atoms. The number of rotatable bonds is 6. The van der Waals surface area contributed by atoms with Crippen LogP contribution in [0.25, 0.3) is 5.69 Å². The second-order valence-electron chi connectivity index (χ2n) is 5.62. The standard InChI is InChI=1S/C16H20ClN5O2/c1-11(2)9-18-15(23)10-19-16(24)21-12-4-5-14(13(17)8-12)22-7-3-6-20-22/h3-8,11H,9-10H2,1-2H3,(H,18,23)(H2,19,21,24). The van der Waals surface area contributed by atoms with Gasteiger partial charge in [0.2, 0.25) is 5.91 Å². The van der Waals surface area contributed by atoms with E-state index < -0.39 is 6.03 Å². The molecular weight excluding hydrogens is 330 g/mol. The quantitative estimate of drug-likeness (QED) is 0.748. The lowest BCUT2D eigenvalue weighted by Crippen LogP contribution is -2.40. The van der Waals surface area contributed by atoms with Gasteiger partial charge in [0.1, 0.15) is 0 Å². The number of anilines is 1. The van der Waals surface area contributed by atoms with Gasteiger partial charge < -0.3 is 16.0 Å². The summed E-state index contributed by atoms with van der Waals surface area (Å²) >= 11 is 6.21. The van der Waals surface area contributed by atoms with Crippen molar-refractivity contribution >= 4 is 29.2 Å². The van der Waals surface area contributed by atoms with Crippen molar-refractivity contribution in [3.8, 4) is 5.69 Å². The van der Waals surface area contributed by atoms with Crippen molar-refractivity contribution in [3.63, 3.8) is 0 Å². The van der Waals surface area contributed by atoms with Gasteiger partial charge in [-0.25, -0.2) is 9.48 Å². The van der Waals surface area contributed by atoms with Crippen molar-refractivity contribution in [2.24, 2.45) is 5.92 Å². The Hall–Kier alpha value is -2.54. The van der Waals surface area contributed by atoms with Crippen molar-refractivity contribution < 1.29 is 9.59 Å². The number of halogens is 1. The van der Waals surface area contributed by atoms with Crippen molar-refractivity contribution in [3.05, 3.63) is 41.7 Å². The second kappa shape index (κ2) is 8.35. The Labute approximate surface area is 145 Å². The highest BCUT2D eigenvalue weighted by Gasteiger charge is 2.08. The van der Waals surface area contributed by atoms with Crippen LogP contribution in [-0.2, 0) is 4.79 Å². The Morgan fingerprint density at radius 2 is 2.08 bits per heavy atom. The number of amides is 3. The van der Waals surface area contributed by atoms with Gasteiger partial charge in [0.15, 0.2) is 0 Å². The maximum Gasteiger partial charge on any atom is 0.319 e. The summed E-state index contributed by atoms with van der Waals surface area (Å²) in [5.74, 6) is 0.129. The summed E-state index contributed by atoms with van der Waals surface area (Å²) in [6, 6.07) is 6.40. The zero-order valence-electron chi connectivity index (χ0n) is 13.5. The number of nitrogens with one attached hydrogen (secondary N) is 3. The van der Waals surface area contributed by atoms with E-state index in [4.69, 9.17) is 11.6 Å². The van der Waals surface area contributed by atoms with E-state index in [1.54, 1.807) is 41.3 Å². The summed E-state index contributed by atoms with van der Waals surface area (Å²) in [6.07, 6.45) is 3.43. The SMILES string of the molecule is CC(C)CNC(=O)CNC(=O)Nc1ccc(-n2cccn2)c(Cl)c1. The van der Waals surface area contributed by atoms with E-state index in [0.717, 1.165) is 0 Å². The number of hydrogen-bond donors (Lipinski definition) is 3. The van der Waals surface area contributed by atoms with E-state index in [2.05, 4.69) is 21.0 Å². The maximum atomic E-state index is 11.8. The minimum Gasteiger partial charge on any atom is -0.354 e. The topological polar surface area (TPSA) is 88.0 Å². The summed E-state index contributed by atoms with van der Waals surface area (Å²) in [4.78, 5) is 23.4. The van der Waals surface area contributed by atoms with Gasteiger partial charge in [0.05, 0.1) is 17.3 Å². The highest BCUT2D eigenvalue weighted by molar-refractivity contribution is 6.32. The molecule has 1 aromatic heterocycles. The number of aromatic nitrogens is 2. The molecule has 8 heteroatoms. The molecule has 0 aliphatic heterocycles. The molecule has 0 unspecified atom stereocenters. The van der Waals surface area contributed by atoms with Gasteiger partial charge in [0.25, 0.3) is 0 Å². The van der Waals surface area contributed by atoms with Crippen LogP contribution in [0.1, 0.15) is 13.8 Å². The molecule has 2 rings (SSSR count). The molecule has 0 radical (unpaired) electrons. The van der Waals surface area contributed by atoms with Gasteiger partial charge in [-0.15, -0.1) is 0 Å². The van der Waals surface area contributed by atoms with Crippen LogP contribution < -0.4 is 16.0 Å². The highest BCUT2D eigenvalue weighted by Crippen LogP contribution is 2.23. The maximum absolute atomic E-state index is 11.8. The van der Waals surface area contributed by atoms with Crippen LogP contribution in [0.4, 0.5) is 10.5 Å². The number of urea groups is 1. The number of carbonyl (C=O) groups is 2. The van der Waals surface area contributed by atoms with Gasteiger partial charge >= 0.3 is 6.03 Å².